The average Bonchev–Trinajstić information content (AvgIpc) is 1.44. The van der Waals surface area contributed by atoms with Crippen molar-refractivity contribution < 1.29 is 141 Å². The van der Waals surface area contributed by atoms with Crippen LogP contribution in [0.1, 0.15) is 323 Å². The lowest BCUT2D eigenvalue weighted by molar-refractivity contribution is -0.384. The van der Waals surface area contributed by atoms with Crippen LogP contribution in [0.15, 0.2) is 47.6 Å². The number of non-ortho nitro benzene ring substituents is 1. The molecular formula is C105H163NO30. The zero-order chi connectivity index (χ0) is 99.4. The van der Waals surface area contributed by atoms with E-state index < -0.39 is 194 Å². The summed E-state index contributed by atoms with van der Waals surface area (Å²) in [7, 11) is 0. The summed E-state index contributed by atoms with van der Waals surface area (Å²) >= 11 is 0. The predicted octanol–water partition coefficient (Wildman–Crippen LogP) is 16.6. The molecular weight excluding hydrogens is 1760 g/mol. The number of hydrogen-bond donors (Lipinski definition) is 7. The highest BCUT2D eigenvalue weighted by atomic mass is 16.8. The summed E-state index contributed by atoms with van der Waals surface area (Å²) in [5.74, 6) is -15.5. The smallest absolute Gasteiger partial charge is 0.461 e. The molecule has 2 spiro atoms. The van der Waals surface area contributed by atoms with E-state index in [4.69, 9.17) is 61.6 Å². The van der Waals surface area contributed by atoms with Gasteiger partial charge in [-0.2, -0.15) is 0 Å². The third-order valence-electron chi connectivity index (χ3n) is 34.0. The molecule has 768 valence electrons. The number of hydrogen-bond acceptors (Lipinski definition) is 30. The van der Waals surface area contributed by atoms with E-state index >= 15 is 0 Å². The number of benzene rings is 1. The standard InChI is InChI=1S/C49H78O14.C30H44O9.C26H41NO7/c1-9-10-11-12-13-14-15-16-17-18-19-20-21-22-38-57-26-33(60-38)27-58-45(54)63-42-35(50)23-31(6)34-24-36-47-28-59-49(56,44(47)46(34,42)8)41(52)32(7)39(47)40(43(53)61-36)62-37(51)25-48(55,29(2)3)30(4)5;1-13(2)29(36,14(3)4)11-17(31)9-18-22-16(6)23(33)30(37)26-27(7)19(15(5)8-20(32)24(27)34)10-21(39-25(18)35)28(22,26)12-38-30;1-2-3-4-5-6-7-8-9-10-11-12-13-14-15-25-31-20-24(33-25)21-32-26(28)34-23-18-16-22(17-19-23)27(29)30/h23,29-30,32-34,36,38-42,44,52,55-56H,9-22,24-28H2,1-8H3;8,13-14,16,18-19,21-24,26,33-34,36-37H,9-12H2,1-7H3;16-19,24-25H,2-15,20-21H2,1H3/t32-,33?,34+,36-,38?,39?,40?,41-,42-,44?,46-,47+,49-;16-,18?,19+,21-,22?,23-,24-,26?,27-,28+,30-;/m11./s1. The van der Waals surface area contributed by atoms with Gasteiger partial charge in [-0.3, -0.25) is 34.1 Å². The second kappa shape index (κ2) is 47.2. The van der Waals surface area contributed by atoms with Crippen LogP contribution in [0.4, 0.5) is 15.3 Å². The highest BCUT2D eigenvalue weighted by Crippen LogP contribution is 2.77. The van der Waals surface area contributed by atoms with Crippen molar-refractivity contribution in [1.29, 1.82) is 0 Å². The van der Waals surface area contributed by atoms with Crippen LogP contribution in [-0.4, -0.2) is 218 Å². The van der Waals surface area contributed by atoms with E-state index in [0.717, 1.165) is 37.7 Å². The lowest BCUT2D eigenvalue weighted by Crippen LogP contribution is -2.78. The van der Waals surface area contributed by atoms with Crippen LogP contribution in [-0.2, 0) is 85.6 Å². The zero-order valence-electron chi connectivity index (χ0n) is 83.9. The number of Topliss-reactive ketones (excluding diaryl/α,β-unsaturated/α-hetero) is 1. The molecule has 10 fully saturated rings. The minimum Gasteiger partial charge on any atom is -0.461 e. The van der Waals surface area contributed by atoms with Gasteiger partial charge in [-0.1, -0.05) is 262 Å². The molecule has 0 amide bonds. The van der Waals surface area contributed by atoms with Crippen LogP contribution < -0.4 is 4.74 Å². The average molecular weight is 1920 g/mol. The molecule has 1 aromatic carbocycles. The number of nitro benzene ring substituents is 1. The number of aliphatic hydroxyl groups is 7. The van der Waals surface area contributed by atoms with Crippen LogP contribution >= 0.6 is 0 Å². The third-order valence-corrected chi connectivity index (χ3v) is 34.0. The number of nitrogens with zero attached hydrogens (tertiary/aromatic N) is 1. The number of ether oxygens (including phenoxy) is 13. The van der Waals surface area contributed by atoms with Gasteiger partial charge in [0.2, 0.25) is 6.10 Å². The number of rotatable bonds is 46. The Morgan fingerprint density at radius 1 is 0.529 bits per heavy atom. The van der Waals surface area contributed by atoms with Crippen molar-refractivity contribution in [3.8, 4) is 5.75 Å². The van der Waals surface area contributed by atoms with Gasteiger partial charge < -0.3 is 97.3 Å². The Balaban J connectivity index is 0.000000209. The quantitative estimate of drug-likeness (QED) is 0.00796. The largest absolute Gasteiger partial charge is 0.513 e. The van der Waals surface area contributed by atoms with E-state index in [1.165, 1.54) is 184 Å². The Labute approximate surface area is 804 Å². The Morgan fingerprint density at radius 3 is 1.38 bits per heavy atom. The topological polar surface area (TPSA) is 441 Å². The first-order valence-corrected chi connectivity index (χ1v) is 51.7. The Bertz CT molecular complexity index is 4250. The van der Waals surface area contributed by atoms with E-state index in [0.29, 0.717) is 18.6 Å². The van der Waals surface area contributed by atoms with Crippen LogP contribution in [0, 0.1) is 109 Å². The predicted molar refractivity (Wildman–Crippen MR) is 499 cm³/mol. The number of unbranched alkanes of at least 4 members (excludes halogenated alkanes) is 24. The maximum Gasteiger partial charge on any atom is 0.513 e. The highest BCUT2D eigenvalue weighted by molar-refractivity contribution is 5.98. The summed E-state index contributed by atoms with van der Waals surface area (Å²) in [4.78, 5) is 117. The third kappa shape index (κ3) is 23.1. The molecule has 6 aliphatic heterocycles. The van der Waals surface area contributed by atoms with Gasteiger partial charge in [0.25, 0.3) is 5.69 Å². The van der Waals surface area contributed by atoms with Gasteiger partial charge in [0.05, 0.1) is 54.9 Å². The first-order valence-electron chi connectivity index (χ1n) is 51.7. The molecule has 136 heavy (non-hydrogen) atoms. The van der Waals surface area contributed by atoms with Crippen molar-refractivity contribution in [2.24, 2.45) is 98.6 Å². The lowest BCUT2D eigenvalue weighted by atomic mass is 9.37. The SMILES string of the molecule is CC1=CC(=O)[C@@H](O)[C@]2(C)C3[C@]45CO[C@]3(O)[C@H](O)[C@H](C)C4C(CC(=O)CC(O)(C(C)C)C(C)C)C(=O)O[C@@H]5C[C@@H]12.CCCCCCCCCCCCCCCC1OCC(COC(=O)O[C@@H]2C(=O)C=C(C)[C@@H]3C[C@H]4OC(=O)C(OC(=O)CC(O)(C(C)C)C(C)C)C5[C@@H](C)[C@@H](O)[C@@]6(O)OC[C@@]54C6[C@@]23C)O1.CCCCCCCCCCCCCCCC1OCC(COC(=O)Oc2ccc([N+](=O)[O-])cc2)O1. The molecule has 7 N–H and O–H groups in total. The number of fused-ring (bicyclic) bond motifs is 2. The summed E-state index contributed by atoms with van der Waals surface area (Å²) in [6.07, 6.45) is 25.5. The van der Waals surface area contributed by atoms with E-state index in [9.17, 15) is 84.2 Å². The number of allylic oxidation sites excluding steroid dienone is 2. The minimum absolute atomic E-state index is 0.0310. The van der Waals surface area contributed by atoms with E-state index in [1.807, 2.05) is 27.7 Å². The molecule has 0 aromatic heterocycles. The van der Waals surface area contributed by atoms with Gasteiger partial charge in [0.1, 0.15) is 67.5 Å². The normalized spacial score (nSPS) is 35.1. The molecule has 10 unspecified atom stereocenters. The molecule has 0 radical (unpaired) electrons. The Kier molecular flexibility index (Phi) is 38.1. The molecule has 31 nitrogen and oxygen atoms in total. The molecule has 1 aromatic rings. The van der Waals surface area contributed by atoms with E-state index in [2.05, 4.69) is 13.8 Å². The van der Waals surface area contributed by atoms with Gasteiger partial charge in [0, 0.05) is 64.4 Å². The van der Waals surface area contributed by atoms with Crippen molar-refractivity contribution in [1.82, 2.24) is 0 Å². The lowest BCUT2D eigenvalue weighted by Gasteiger charge is -2.68. The van der Waals surface area contributed by atoms with Crippen molar-refractivity contribution in [3.05, 3.63) is 57.7 Å². The van der Waals surface area contributed by atoms with Gasteiger partial charge in [-0.05, 0) is 130 Å². The molecule has 12 aliphatic rings. The molecule has 4 saturated carbocycles. The summed E-state index contributed by atoms with van der Waals surface area (Å²) in [5, 5.41) is 92.6. The number of ketones is 3. The van der Waals surface area contributed by atoms with Crippen LogP contribution in [0.3, 0.4) is 0 Å². The summed E-state index contributed by atoms with van der Waals surface area (Å²) in [6.45, 7) is 29.9. The second-order valence-electron chi connectivity index (χ2n) is 43.8. The Hall–Kier alpha value is -6.46. The monoisotopic (exact) mass is 1920 g/mol. The molecule has 31 heteroatoms. The highest BCUT2D eigenvalue weighted by Gasteiger charge is 2.86. The summed E-state index contributed by atoms with van der Waals surface area (Å²) in [5.41, 5.74) is -6.26. The number of esters is 3. The fraction of sp³-hybridized carbons (Fsp3) is 0.829. The van der Waals surface area contributed by atoms with Crippen molar-refractivity contribution in [3.63, 3.8) is 0 Å². The number of nitro groups is 1. The van der Waals surface area contributed by atoms with Gasteiger partial charge >= 0.3 is 30.2 Å². The number of carbonyl (C=O) groups excluding carboxylic acids is 8. The molecule has 6 saturated heterocycles. The Morgan fingerprint density at radius 2 is 0.926 bits per heavy atom. The number of carbonyl (C=O) groups is 8. The first kappa shape index (κ1) is 110. The van der Waals surface area contributed by atoms with Crippen molar-refractivity contribution in [2.75, 3.05) is 39.6 Å². The molecule has 6 heterocycles. The van der Waals surface area contributed by atoms with E-state index in [1.54, 1.807) is 69.2 Å². The summed E-state index contributed by atoms with van der Waals surface area (Å²) < 4.78 is 75.3. The van der Waals surface area contributed by atoms with Crippen molar-refractivity contribution in [2.45, 2.75) is 413 Å². The van der Waals surface area contributed by atoms with Crippen LogP contribution in [0.25, 0.3) is 0 Å². The van der Waals surface area contributed by atoms with Gasteiger partial charge in [-0.25, -0.2) is 14.4 Å². The molecule has 4 bridgehead atoms. The zero-order valence-corrected chi connectivity index (χ0v) is 83.9. The minimum atomic E-state index is -2.25. The fourth-order valence-electron chi connectivity index (χ4n) is 26.5. The van der Waals surface area contributed by atoms with Crippen molar-refractivity contribution >= 4 is 53.3 Å². The van der Waals surface area contributed by atoms with Gasteiger partial charge in [0.15, 0.2) is 41.8 Å². The maximum atomic E-state index is 14.1. The maximum absolute atomic E-state index is 14.1. The van der Waals surface area contributed by atoms with E-state index in [-0.39, 0.29) is 118 Å². The molecule has 13 rings (SSSR count). The fourth-order valence-corrected chi connectivity index (χ4v) is 26.5. The van der Waals surface area contributed by atoms with Gasteiger partial charge in [-0.15, -0.1) is 0 Å². The molecule has 6 aliphatic carbocycles. The first-order chi connectivity index (χ1) is 64.4. The van der Waals surface area contributed by atoms with Crippen LogP contribution in [0.2, 0.25) is 0 Å². The summed E-state index contributed by atoms with van der Waals surface area (Å²) in [6, 6.07) is 5.22. The second-order valence-corrected chi connectivity index (χ2v) is 43.8. The van der Waals surface area contributed by atoms with Crippen LogP contribution in [0.5, 0.6) is 5.75 Å². The number of aliphatic hydroxyl groups excluding tert-OH is 3. The molecule has 26 atom stereocenters.